The van der Waals surface area contributed by atoms with Gasteiger partial charge in [-0.05, 0) is 25.2 Å². The van der Waals surface area contributed by atoms with E-state index in [0.29, 0.717) is 5.92 Å². The third-order valence-electron chi connectivity index (χ3n) is 4.40. The molecule has 110 valence electrons. The van der Waals surface area contributed by atoms with Gasteiger partial charge in [0.05, 0.1) is 17.2 Å². The molecule has 1 heterocycles. The third kappa shape index (κ3) is 2.47. The summed E-state index contributed by atoms with van der Waals surface area (Å²) in [6.07, 6.45) is 3.66. The molecule has 1 saturated carbocycles. The van der Waals surface area contributed by atoms with E-state index in [9.17, 15) is 10.4 Å². The molecule has 3 unspecified atom stereocenters. The first-order valence-electron chi connectivity index (χ1n) is 7.33. The van der Waals surface area contributed by atoms with E-state index in [1.54, 1.807) is 4.68 Å². The van der Waals surface area contributed by atoms with Crippen LogP contribution in [0.1, 0.15) is 64.3 Å². The van der Waals surface area contributed by atoms with Gasteiger partial charge >= 0.3 is 0 Å². The number of hydrogen-bond acceptors (Lipinski definition) is 3. The largest absolute Gasteiger partial charge is 0.387 e. The summed E-state index contributed by atoms with van der Waals surface area (Å²) in [6, 6.07) is 2.41. The fourth-order valence-corrected chi connectivity index (χ4v) is 3.33. The van der Waals surface area contributed by atoms with Crippen molar-refractivity contribution in [2.45, 2.75) is 58.5 Å². The van der Waals surface area contributed by atoms with E-state index < -0.39 is 11.5 Å². The summed E-state index contributed by atoms with van der Waals surface area (Å²) >= 11 is 0. The number of aliphatic hydroxyl groups excluding tert-OH is 1. The molecule has 0 saturated heterocycles. The van der Waals surface area contributed by atoms with Gasteiger partial charge in [0.15, 0.2) is 0 Å². The molecular weight excluding hydrogens is 250 g/mol. The SMILES string of the molecule is CC1CCC(C#N)(C(O)c2cn(C)nc2C(C)(C)C)C1. The number of aromatic nitrogens is 2. The molecule has 0 amide bonds. The van der Waals surface area contributed by atoms with Crippen molar-refractivity contribution in [2.24, 2.45) is 18.4 Å². The molecule has 0 aliphatic heterocycles. The Bertz CT molecular complexity index is 535. The second-order valence-electron chi connectivity index (χ2n) is 7.38. The van der Waals surface area contributed by atoms with Gasteiger partial charge in [-0.2, -0.15) is 10.4 Å². The van der Waals surface area contributed by atoms with Crippen LogP contribution in [-0.2, 0) is 12.5 Å². The van der Waals surface area contributed by atoms with Gasteiger partial charge in [-0.1, -0.05) is 27.7 Å². The molecule has 4 heteroatoms. The van der Waals surface area contributed by atoms with Crippen LogP contribution in [0.25, 0.3) is 0 Å². The minimum Gasteiger partial charge on any atom is -0.387 e. The molecule has 1 N–H and O–H groups in total. The van der Waals surface area contributed by atoms with Gasteiger partial charge < -0.3 is 5.11 Å². The molecule has 2 rings (SSSR count). The molecule has 1 aliphatic carbocycles. The van der Waals surface area contributed by atoms with Crippen molar-refractivity contribution >= 4 is 0 Å². The average Bonchev–Trinajstić information content (AvgIpc) is 2.92. The monoisotopic (exact) mass is 275 g/mol. The van der Waals surface area contributed by atoms with Crippen LogP contribution in [0.5, 0.6) is 0 Å². The number of aliphatic hydroxyl groups is 1. The van der Waals surface area contributed by atoms with Crippen LogP contribution in [0.15, 0.2) is 6.20 Å². The minimum atomic E-state index is -0.750. The lowest BCUT2D eigenvalue weighted by atomic mass is 9.76. The zero-order chi connectivity index (χ0) is 15.1. The Morgan fingerprint density at radius 1 is 1.55 bits per heavy atom. The molecule has 20 heavy (non-hydrogen) atoms. The molecule has 1 aliphatic rings. The Morgan fingerprint density at radius 3 is 2.65 bits per heavy atom. The highest BCUT2D eigenvalue weighted by Crippen LogP contribution is 2.50. The van der Waals surface area contributed by atoms with Crippen LogP contribution in [-0.4, -0.2) is 14.9 Å². The van der Waals surface area contributed by atoms with Gasteiger partial charge in [-0.25, -0.2) is 0 Å². The molecule has 3 atom stereocenters. The van der Waals surface area contributed by atoms with Crippen LogP contribution in [0, 0.1) is 22.7 Å². The van der Waals surface area contributed by atoms with Crippen LogP contribution >= 0.6 is 0 Å². The van der Waals surface area contributed by atoms with E-state index in [1.165, 1.54) is 0 Å². The average molecular weight is 275 g/mol. The summed E-state index contributed by atoms with van der Waals surface area (Å²) in [6.45, 7) is 8.41. The standard InChI is InChI=1S/C16H25N3O/c1-11-6-7-16(8-11,10-17)14(20)12-9-19(5)18-13(12)15(2,3)4/h9,11,14,20H,6-8H2,1-5H3. The van der Waals surface area contributed by atoms with Crippen LogP contribution < -0.4 is 0 Å². The highest BCUT2D eigenvalue weighted by Gasteiger charge is 2.46. The molecule has 4 nitrogen and oxygen atoms in total. The molecule has 0 radical (unpaired) electrons. The lowest BCUT2D eigenvalue weighted by molar-refractivity contribution is 0.0631. The third-order valence-corrected chi connectivity index (χ3v) is 4.40. The van der Waals surface area contributed by atoms with E-state index in [4.69, 9.17) is 0 Å². The van der Waals surface area contributed by atoms with E-state index in [0.717, 1.165) is 30.5 Å². The second-order valence-corrected chi connectivity index (χ2v) is 7.38. The van der Waals surface area contributed by atoms with Gasteiger partial charge in [0.25, 0.3) is 0 Å². The van der Waals surface area contributed by atoms with Crippen molar-refractivity contribution in [3.63, 3.8) is 0 Å². The predicted molar refractivity (Wildman–Crippen MR) is 77.9 cm³/mol. The summed E-state index contributed by atoms with van der Waals surface area (Å²) in [5, 5.41) is 25.0. The fraction of sp³-hybridized carbons (Fsp3) is 0.750. The lowest BCUT2D eigenvalue weighted by Crippen LogP contribution is -2.27. The zero-order valence-electron chi connectivity index (χ0n) is 13.1. The molecule has 0 spiro atoms. The molecule has 0 aromatic carbocycles. The van der Waals surface area contributed by atoms with Gasteiger partial charge in [-0.15, -0.1) is 0 Å². The van der Waals surface area contributed by atoms with Gasteiger partial charge in [0.1, 0.15) is 6.10 Å². The molecular formula is C16H25N3O. The Morgan fingerprint density at radius 2 is 2.20 bits per heavy atom. The van der Waals surface area contributed by atoms with E-state index in [2.05, 4.69) is 38.9 Å². The maximum atomic E-state index is 10.9. The molecule has 0 bridgehead atoms. The fourth-order valence-electron chi connectivity index (χ4n) is 3.33. The van der Waals surface area contributed by atoms with Crippen molar-refractivity contribution in [1.29, 1.82) is 5.26 Å². The van der Waals surface area contributed by atoms with Gasteiger partial charge in [-0.3, -0.25) is 4.68 Å². The van der Waals surface area contributed by atoms with E-state index in [1.807, 2.05) is 13.2 Å². The summed E-state index contributed by atoms with van der Waals surface area (Å²) in [7, 11) is 1.86. The summed E-state index contributed by atoms with van der Waals surface area (Å²) in [5.41, 5.74) is 0.915. The van der Waals surface area contributed by atoms with Crippen LogP contribution in [0.3, 0.4) is 0 Å². The first-order valence-corrected chi connectivity index (χ1v) is 7.33. The Hall–Kier alpha value is -1.34. The van der Waals surface area contributed by atoms with E-state index in [-0.39, 0.29) is 5.41 Å². The summed E-state index contributed by atoms with van der Waals surface area (Å²) in [5.74, 6) is 0.499. The first-order chi connectivity index (χ1) is 9.19. The Balaban J connectivity index is 2.44. The van der Waals surface area contributed by atoms with Crippen molar-refractivity contribution in [2.75, 3.05) is 0 Å². The minimum absolute atomic E-state index is 0.140. The zero-order valence-corrected chi connectivity index (χ0v) is 13.1. The highest BCUT2D eigenvalue weighted by molar-refractivity contribution is 5.30. The van der Waals surface area contributed by atoms with Crippen molar-refractivity contribution in [3.8, 4) is 6.07 Å². The van der Waals surface area contributed by atoms with Crippen molar-refractivity contribution < 1.29 is 5.11 Å². The van der Waals surface area contributed by atoms with Crippen molar-refractivity contribution in [3.05, 3.63) is 17.5 Å². The molecule has 1 fully saturated rings. The topological polar surface area (TPSA) is 61.8 Å². The number of nitrogens with zero attached hydrogens (tertiary/aromatic N) is 3. The lowest BCUT2D eigenvalue weighted by Gasteiger charge is -2.29. The summed E-state index contributed by atoms with van der Waals surface area (Å²) < 4.78 is 1.74. The molecule has 1 aromatic rings. The number of aryl methyl sites for hydroxylation is 1. The van der Waals surface area contributed by atoms with Gasteiger partial charge in [0.2, 0.25) is 0 Å². The van der Waals surface area contributed by atoms with Crippen molar-refractivity contribution in [1.82, 2.24) is 9.78 Å². The highest BCUT2D eigenvalue weighted by atomic mass is 16.3. The number of rotatable bonds is 2. The molecule has 1 aromatic heterocycles. The van der Waals surface area contributed by atoms with Gasteiger partial charge in [0, 0.05) is 24.2 Å². The number of hydrogen-bond donors (Lipinski definition) is 1. The maximum Gasteiger partial charge on any atom is 0.101 e. The second kappa shape index (κ2) is 4.89. The Labute approximate surface area is 121 Å². The maximum absolute atomic E-state index is 10.9. The summed E-state index contributed by atoms with van der Waals surface area (Å²) in [4.78, 5) is 0. The smallest absolute Gasteiger partial charge is 0.101 e. The van der Waals surface area contributed by atoms with E-state index >= 15 is 0 Å². The van der Waals surface area contributed by atoms with Crippen LogP contribution in [0.2, 0.25) is 0 Å². The quantitative estimate of drug-likeness (QED) is 0.902. The number of nitriles is 1. The normalized spacial score (nSPS) is 28.4. The predicted octanol–water partition coefficient (Wildman–Crippen LogP) is 3.08. The van der Waals surface area contributed by atoms with Crippen LogP contribution in [0.4, 0.5) is 0 Å². The first kappa shape index (κ1) is 15.1. The Kier molecular flexibility index (Phi) is 3.68.